The Bertz CT molecular complexity index is 262. The first-order valence-electron chi connectivity index (χ1n) is 4.99. The number of ether oxygens (including phenoxy) is 1. The van der Waals surface area contributed by atoms with Crippen molar-refractivity contribution in [3.05, 3.63) is 35.9 Å². The van der Waals surface area contributed by atoms with Crippen LogP contribution in [0.5, 0.6) is 0 Å². The second kappa shape index (κ2) is 6.83. The fraction of sp³-hybridized carbons (Fsp3) is 0.500. The van der Waals surface area contributed by atoms with Gasteiger partial charge in [-0.05, 0) is 0 Å². The van der Waals surface area contributed by atoms with Crippen LogP contribution in [0.3, 0.4) is 0 Å². The number of benzene rings is 1. The van der Waals surface area contributed by atoms with E-state index >= 15 is 0 Å². The van der Waals surface area contributed by atoms with Crippen LogP contribution >= 0.6 is 0 Å². The zero-order valence-corrected chi connectivity index (χ0v) is 10.5. The maximum absolute atomic E-state index is 5.10. The topological polar surface area (TPSA) is 9.23 Å². The standard InChI is InChI=1S/C12H20NO.ClH/c1-13(2,9-10-14-3)11-12-7-5-4-6-8-12;/h4-8H,9-11H2,1-3H3;1H/q+1;/p-1. The summed E-state index contributed by atoms with van der Waals surface area (Å²) in [6, 6.07) is 10.6. The van der Waals surface area contributed by atoms with Crippen molar-refractivity contribution < 1.29 is 21.6 Å². The van der Waals surface area contributed by atoms with Gasteiger partial charge >= 0.3 is 0 Å². The van der Waals surface area contributed by atoms with Crippen LogP contribution in [0, 0.1) is 0 Å². The molecule has 0 radical (unpaired) electrons. The van der Waals surface area contributed by atoms with Crippen LogP contribution in [0.25, 0.3) is 0 Å². The largest absolute Gasteiger partial charge is 1.00 e. The molecule has 0 heterocycles. The van der Waals surface area contributed by atoms with E-state index < -0.39 is 0 Å². The van der Waals surface area contributed by atoms with Gasteiger partial charge in [-0.25, -0.2) is 0 Å². The van der Waals surface area contributed by atoms with Gasteiger partial charge in [0.1, 0.15) is 13.1 Å². The molecule has 86 valence electrons. The predicted octanol–water partition coefficient (Wildman–Crippen LogP) is -1.09. The van der Waals surface area contributed by atoms with Crippen LogP contribution in [0.15, 0.2) is 30.3 Å². The third-order valence-electron chi connectivity index (χ3n) is 2.35. The monoisotopic (exact) mass is 229 g/mol. The van der Waals surface area contributed by atoms with Crippen molar-refractivity contribution in [2.75, 3.05) is 34.4 Å². The Hall–Kier alpha value is -0.570. The highest BCUT2D eigenvalue weighted by molar-refractivity contribution is 5.13. The van der Waals surface area contributed by atoms with Crippen molar-refractivity contribution in [1.29, 1.82) is 0 Å². The highest BCUT2D eigenvalue weighted by atomic mass is 35.5. The minimum Gasteiger partial charge on any atom is -1.00 e. The van der Waals surface area contributed by atoms with Crippen LogP contribution in [0.1, 0.15) is 5.56 Å². The predicted molar refractivity (Wildman–Crippen MR) is 59.0 cm³/mol. The number of hydrogen-bond donors (Lipinski definition) is 0. The molecule has 1 aromatic rings. The first kappa shape index (κ1) is 14.4. The lowest BCUT2D eigenvalue weighted by Crippen LogP contribution is -3.00. The zero-order valence-electron chi connectivity index (χ0n) is 9.74. The lowest BCUT2D eigenvalue weighted by atomic mass is 10.2. The van der Waals surface area contributed by atoms with Gasteiger partial charge in [-0.3, -0.25) is 0 Å². The van der Waals surface area contributed by atoms with E-state index in [0.717, 1.165) is 24.2 Å². The number of methoxy groups -OCH3 is 1. The molecule has 2 nitrogen and oxygen atoms in total. The van der Waals surface area contributed by atoms with Gasteiger partial charge in [0.25, 0.3) is 0 Å². The second-order valence-corrected chi connectivity index (χ2v) is 4.30. The van der Waals surface area contributed by atoms with Crippen LogP contribution < -0.4 is 12.4 Å². The molecule has 0 unspecified atom stereocenters. The average molecular weight is 230 g/mol. The fourth-order valence-corrected chi connectivity index (χ4v) is 1.50. The maximum atomic E-state index is 5.10. The number of halogens is 1. The normalized spacial score (nSPS) is 10.9. The van der Waals surface area contributed by atoms with E-state index in [1.165, 1.54) is 5.56 Å². The van der Waals surface area contributed by atoms with E-state index in [4.69, 9.17) is 4.74 Å². The van der Waals surface area contributed by atoms with Crippen LogP contribution in [0.4, 0.5) is 0 Å². The molecule has 0 aliphatic carbocycles. The van der Waals surface area contributed by atoms with Crippen molar-refractivity contribution in [3.8, 4) is 0 Å². The van der Waals surface area contributed by atoms with Gasteiger partial charge in [0.2, 0.25) is 0 Å². The third kappa shape index (κ3) is 5.78. The lowest BCUT2D eigenvalue weighted by molar-refractivity contribution is -0.903. The number of quaternary nitrogens is 1. The summed E-state index contributed by atoms with van der Waals surface area (Å²) in [6.07, 6.45) is 0. The highest BCUT2D eigenvalue weighted by Crippen LogP contribution is 2.08. The molecule has 0 N–H and O–H groups in total. The number of likely N-dealkylation sites (N-methyl/N-ethyl adjacent to an activating group) is 1. The molecule has 0 aliphatic rings. The van der Waals surface area contributed by atoms with E-state index in [1.807, 2.05) is 0 Å². The number of hydrogen-bond acceptors (Lipinski definition) is 1. The summed E-state index contributed by atoms with van der Waals surface area (Å²) in [7, 11) is 6.21. The molecule has 0 aliphatic heterocycles. The molecule has 1 rings (SSSR count). The molecule has 1 aromatic carbocycles. The van der Waals surface area contributed by atoms with Gasteiger partial charge in [-0.1, -0.05) is 30.3 Å². The van der Waals surface area contributed by atoms with E-state index in [1.54, 1.807) is 7.11 Å². The average Bonchev–Trinajstić information content (AvgIpc) is 2.16. The Balaban J connectivity index is 0.00000196. The zero-order chi connectivity index (χ0) is 10.4. The van der Waals surface area contributed by atoms with Gasteiger partial charge in [-0.15, -0.1) is 0 Å². The quantitative estimate of drug-likeness (QED) is 0.584. The highest BCUT2D eigenvalue weighted by Gasteiger charge is 2.14. The van der Waals surface area contributed by atoms with Crippen LogP contribution in [-0.2, 0) is 11.3 Å². The van der Waals surface area contributed by atoms with Gasteiger partial charge < -0.3 is 21.6 Å². The van der Waals surface area contributed by atoms with E-state index in [-0.39, 0.29) is 12.4 Å². The SMILES string of the molecule is COCC[N+](C)(C)Cc1ccccc1.[Cl-]. The Morgan fingerprint density at radius 3 is 2.27 bits per heavy atom. The minimum atomic E-state index is 0. The summed E-state index contributed by atoms with van der Waals surface area (Å²) in [5.74, 6) is 0. The van der Waals surface area contributed by atoms with E-state index in [0.29, 0.717) is 0 Å². The maximum Gasteiger partial charge on any atom is 0.104 e. The molecular weight excluding hydrogens is 210 g/mol. The number of rotatable bonds is 5. The summed E-state index contributed by atoms with van der Waals surface area (Å²) in [4.78, 5) is 0. The van der Waals surface area contributed by atoms with Gasteiger partial charge in [0, 0.05) is 12.7 Å². The molecule has 0 atom stereocenters. The molecule has 0 spiro atoms. The summed E-state index contributed by atoms with van der Waals surface area (Å²) in [5.41, 5.74) is 1.38. The minimum absolute atomic E-state index is 0. The molecule has 0 aromatic heterocycles. The summed E-state index contributed by atoms with van der Waals surface area (Å²) >= 11 is 0. The molecule has 15 heavy (non-hydrogen) atoms. The third-order valence-corrected chi connectivity index (χ3v) is 2.35. The molecule has 0 fully saturated rings. The lowest BCUT2D eigenvalue weighted by Gasteiger charge is -2.29. The van der Waals surface area contributed by atoms with Crippen molar-refractivity contribution in [3.63, 3.8) is 0 Å². The molecule has 0 saturated heterocycles. The summed E-state index contributed by atoms with van der Waals surface area (Å²) < 4.78 is 6.07. The first-order valence-corrected chi connectivity index (χ1v) is 4.99. The molecule has 0 saturated carbocycles. The fourth-order valence-electron chi connectivity index (χ4n) is 1.50. The van der Waals surface area contributed by atoms with Crippen molar-refractivity contribution >= 4 is 0 Å². The summed E-state index contributed by atoms with van der Waals surface area (Å²) in [6.45, 7) is 2.93. The van der Waals surface area contributed by atoms with Crippen LogP contribution in [0.2, 0.25) is 0 Å². The molecule has 3 heteroatoms. The molecule has 0 bridgehead atoms. The Labute approximate surface area is 98.9 Å². The van der Waals surface area contributed by atoms with Gasteiger partial charge in [0.15, 0.2) is 0 Å². The smallest absolute Gasteiger partial charge is 0.104 e. The van der Waals surface area contributed by atoms with Gasteiger partial charge in [-0.2, -0.15) is 0 Å². The van der Waals surface area contributed by atoms with Crippen molar-refractivity contribution in [2.45, 2.75) is 6.54 Å². The summed E-state index contributed by atoms with van der Waals surface area (Å²) in [5, 5.41) is 0. The van der Waals surface area contributed by atoms with Crippen molar-refractivity contribution in [1.82, 2.24) is 0 Å². The second-order valence-electron chi connectivity index (χ2n) is 4.30. The van der Waals surface area contributed by atoms with E-state index in [2.05, 4.69) is 44.4 Å². The Kier molecular flexibility index (Phi) is 6.57. The van der Waals surface area contributed by atoms with E-state index in [9.17, 15) is 0 Å². The Morgan fingerprint density at radius 2 is 1.73 bits per heavy atom. The Morgan fingerprint density at radius 1 is 1.13 bits per heavy atom. The first-order chi connectivity index (χ1) is 6.64. The number of nitrogens with zero attached hydrogens (tertiary/aromatic N) is 1. The molecular formula is C12H20ClNO. The van der Waals surface area contributed by atoms with Crippen LogP contribution in [-0.4, -0.2) is 38.8 Å². The van der Waals surface area contributed by atoms with Crippen molar-refractivity contribution in [2.24, 2.45) is 0 Å². The van der Waals surface area contributed by atoms with Gasteiger partial charge in [0.05, 0.1) is 20.7 Å². The molecule has 0 amide bonds.